The van der Waals surface area contributed by atoms with Gasteiger partial charge in [0, 0.05) is 32.4 Å². The fourth-order valence-corrected chi connectivity index (χ4v) is 3.01. The minimum Gasteiger partial charge on any atom is -0.493 e. The molecule has 0 radical (unpaired) electrons. The number of hydrogen-bond donors (Lipinski definition) is 2. The number of amides is 1. The van der Waals surface area contributed by atoms with Crippen molar-refractivity contribution in [2.75, 3.05) is 34.2 Å². The van der Waals surface area contributed by atoms with Crippen molar-refractivity contribution in [2.45, 2.75) is 26.2 Å². The number of aryl methyl sites for hydroxylation is 2. The Morgan fingerprint density at radius 1 is 0.963 bits per heavy atom. The van der Waals surface area contributed by atoms with Crippen LogP contribution in [-0.2, 0) is 22.4 Å². The molecule has 1 aliphatic carbocycles. The minimum absolute atomic E-state index is 0.333. The number of fused-ring (bicyclic) bond motifs is 3. The van der Waals surface area contributed by atoms with Crippen molar-refractivity contribution in [3.63, 3.8) is 0 Å². The third kappa shape index (κ3) is 6.18. The molecule has 27 heavy (non-hydrogen) atoms. The van der Waals surface area contributed by atoms with Crippen LogP contribution >= 0.6 is 0 Å². The quantitative estimate of drug-likeness (QED) is 0.787. The second kappa shape index (κ2) is 11.1. The number of benzene rings is 2. The molecular weight excluding hydrogens is 344 g/mol. The number of anilines is 1. The summed E-state index contributed by atoms with van der Waals surface area (Å²) < 4.78 is 15.3. The Balaban J connectivity index is 0.000000453. The summed E-state index contributed by atoms with van der Waals surface area (Å²) in [5, 5.41) is 0. The van der Waals surface area contributed by atoms with E-state index in [2.05, 4.69) is 28.7 Å². The van der Waals surface area contributed by atoms with Crippen LogP contribution in [0.3, 0.4) is 0 Å². The molecule has 0 aliphatic heterocycles. The normalized spacial score (nSPS) is 11.3. The summed E-state index contributed by atoms with van der Waals surface area (Å²) in [6.45, 7) is 1.31. The van der Waals surface area contributed by atoms with Gasteiger partial charge in [-0.15, -0.1) is 0 Å². The molecule has 1 amide bonds. The van der Waals surface area contributed by atoms with Gasteiger partial charge in [0.2, 0.25) is 5.91 Å². The summed E-state index contributed by atoms with van der Waals surface area (Å²) in [4.78, 5) is 9.22. The Morgan fingerprint density at radius 2 is 1.56 bits per heavy atom. The van der Waals surface area contributed by atoms with Crippen LogP contribution in [0.15, 0.2) is 30.3 Å². The molecule has 148 valence electrons. The van der Waals surface area contributed by atoms with E-state index in [-0.39, 0.29) is 5.91 Å². The van der Waals surface area contributed by atoms with Gasteiger partial charge >= 0.3 is 0 Å². The van der Waals surface area contributed by atoms with Crippen LogP contribution in [0.25, 0.3) is 11.1 Å². The molecular formula is C21H30N2O4. The number of methoxy groups -OCH3 is 3. The van der Waals surface area contributed by atoms with Crippen molar-refractivity contribution < 1.29 is 19.0 Å². The first-order valence-electron chi connectivity index (χ1n) is 8.68. The summed E-state index contributed by atoms with van der Waals surface area (Å²) in [7, 11) is 6.62. The van der Waals surface area contributed by atoms with Crippen LogP contribution in [0.2, 0.25) is 0 Å². The topological polar surface area (TPSA) is 96.8 Å². The molecule has 3 rings (SSSR count). The zero-order valence-electron chi connectivity index (χ0n) is 16.8. The van der Waals surface area contributed by atoms with Crippen LogP contribution in [0.1, 0.15) is 24.5 Å². The number of ether oxygens (including phenoxy) is 3. The maximum absolute atomic E-state index is 9.22. The lowest BCUT2D eigenvalue weighted by molar-refractivity contribution is -0.115. The Labute approximate surface area is 161 Å². The maximum atomic E-state index is 9.22. The van der Waals surface area contributed by atoms with Crippen molar-refractivity contribution >= 4 is 11.6 Å². The smallest absolute Gasteiger partial charge is 0.214 e. The van der Waals surface area contributed by atoms with Gasteiger partial charge in [0.15, 0.2) is 11.5 Å². The van der Waals surface area contributed by atoms with Gasteiger partial charge in [-0.2, -0.15) is 0 Å². The zero-order chi connectivity index (χ0) is 20.4. The highest BCUT2D eigenvalue weighted by atomic mass is 16.5. The summed E-state index contributed by atoms with van der Waals surface area (Å²) in [6, 6.07) is 10.2. The molecule has 0 atom stereocenters. The third-order valence-corrected chi connectivity index (χ3v) is 3.92. The van der Waals surface area contributed by atoms with Crippen LogP contribution in [0.4, 0.5) is 5.69 Å². The van der Waals surface area contributed by atoms with E-state index in [0.29, 0.717) is 0 Å². The Hall–Kier alpha value is -2.73. The molecule has 2 aromatic rings. The molecule has 0 heterocycles. The zero-order valence-corrected chi connectivity index (χ0v) is 16.8. The molecule has 0 fully saturated rings. The number of hydrogen-bond acceptors (Lipinski definition) is 5. The summed E-state index contributed by atoms with van der Waals surface area (Å²) in [5.41, 5.74) is 16.2. The fraction of sp³-hybridized carbons (Fsp3) is 0.381. The predicted molar refractivity (Wildman–Crippen MR) is 109 cm³/mol. The average molecular weight is 374 g/mol. The number of carbonyl (C=O) groups excluding carboxylic acids is 1. The molecule has 0 bridgehead atoms. The van der Waals surface area contributed by atoms with E-state index in [1.165, 1.54) is 23.6 Å². The first-order chi connectivity index (χ1) is 12.9. The molecule has 0 saturated carbocycles. The molecule has 4 N–H and O–H groups in total. The van der Waals surface area contributed by atoms with Crippen molar-refractivity contribution in [3.05, 3.63) is 41.5 Å². The van der Waals surface area contributed by atoms with Crippen LogP contribution < -0.4 is 20.9 Å². The molecule has 2 aromatic carbocycles. The number of primary amides is 1. The number of rotatable bonds is 2. The average Bonchev–Trinajstić information content (AvgIpc) is 2.79. The van der Waals surface area contributed by atoms with Crippen LogP contribution in [-0.4, -0.2) is 34.3 Å². The summed E-state index contributed by atoms with van der Waals surface area (Å²) in [5.74, 6) is 1.26. The van der Waals surface area contributed by atoms with E-state index < -0.39 is 0 Å². The number of carbonyl (C=O) groups is 1. The second-order valence-electron chi connectivity index (χ2n) is 6.12. The largest absolute Gasteiger partial charge is 0.493 e. The first-order valence-corrected chi connectivity index (χ1v) is 8.68. The molecule has 0 unspecified atom stereocenters. The van der Waals surface area contributed by atoms with Gasteiger partial charge in [0.05, 0.1) is 14.2 Å². The van der Waals surface area contributed by atoms with Crippen LogP contribution in [0.5, 0.6) is 11.5 Å². The molecule has 1 aliphatic rings. The molecule has 6 nitrogen and oxygen atoms in total. The number of nitrogen functional groups attached to an aromatic ring is 1. The van der Waals surface area contributed by atoms with Crippen molar-refractivity contribution in [3.8, 4) is 22.6 Å². The Bertz CT molecular complexity index is 756. The van der Waals surface area contributed by atoms with E-state index in [4.69, 9.17) is 15.2 Å². The monoisotopic (exact) mass is 374 g/mol. The molecule has 6 heteroatoms. The number of nitrogens with two attached hydrogens (primary N) is 2. The standard InChI is InChI=1S/C17H19NO2.C2H5NO.C2H6O/c1-19-15-9-6-11-4-3-5-12-10-13(18)7-8-14(12)16(11)17(15)20-2;1-2(3)4;1-3-2/h6-10H,3-5,18H2,1-2H3;1H3,(H2,3,4);1-2H3. The van der Waals surface area contributed by atoms with Gasteiger partial charge < -0.3 is 25.7 Å². The third-order valence-electron chi connectivity index (χ3n) is 3.92. The highest BCUT2D eigenvalue weighted by Crippen LogP contribution is 2.44. The summed E-state index contributed by atoms with van der Waals surface area (Å²) in [6.07, 6.45) is 3.21. The first kappa shape index (κ1) is 22.3. The van der Waals surface area contributed by atoms with Gasteiger partial charge in [-0.1, -0.05) is 12.1 Å². The molecule has 0 saturated heterocycles. The fourth-order valence-electron chi connectivity index (χ4n) is 3.01. The van der Waals surface area contributed by atoms with Crippen molar-refractivity contribution in [2.24, 2.45) is 5.73 Å². The maximum Gasteiger partial charge on any atom is 0.214 e. The van der Waals surface area contributed by atoms with Gasteiger partial charge in [-0.3, -0.25) is 4.79 Å². The SMILES string of the molecule is CC(N)=O.COC.COc1ccc2c(c1OC)-c1ccc(N)cc1CCC2. The van der Waals surface area contributed by atoms with Gasteiger partial charge in [0.1, 0.15) is 0 Å². The van der Waals surface area contributed by atoms with E-state index in [1.807, 2.05) is 12.1 Å². The van der Waals surface area contributed by atoms with Crippen LogP contribution in [0, 0.1) is 0 Å². The lowest BCUT2D eigenvalue weighted by Crippen LogP contribution is -2.01. The van der Waals surface area contributed by atoms with E-state index in [0.717, 1.165) is 42.0 Å². The second-order valence-corrected chi connectivity index (χ2v) is 6.12. The van der Waals surface area contributed by atoms with Gasteiger partial charge in [-0.05, 0) is 54.2 Å². The van der Waals surface area contributed by atoms with Crippen molar-refractivity contribution in [1.29, 1.82) is 0 Å². The van der Waals surface area contributed by atoms with Gasteiger partial charge in [-0.25, -0.2) is 0 Å². The molecule has 0 aromatic heterocycles. The Morgan fingerprint density at radius 3 is 2.11 bits per heavy atom. The van der Waals surface area contributed by atoms with Crippen molar-refractivity contribution in [1.82, 2.24) is 0 Å². The van der Waals surface area contributed by atoms with E-state index in [9.17, 15) is 4.79 Å². The highest BCUT2D eigenvalue weighted by Gasteiger charge is 2.21. The molecule has 0 spiro atoms. The predicted octanol–water partition coefficient (Wildman–Crippen LogP) is 3.20. The lowest BCUT2D eigenvalue weighted by Gasteiger charge is -2.17. The van der Waals surface area contributed by atoms with E-state index >= 15 is 0 Å². The highest BCUT2D eigenvalue weighted by molar-refractivity contribution is 5.81. The lowest BCUT2D eigenvalue weighted by atomic mass is 9.95. The summed E-state index contributed by atoms with van der Waals surface area (Å²) >= 11 is 0. The van der Waals surface area contributed by atoms with Gasteiger partial charge in [0.25, 0.3) is 0 Å². The van der Waals surface area contributed by atoms with E-state index in [1.54, 1.807) is 28.4 Å². The minimum atomic E-state index is -0.333. The Kier molecular flexibility index (Phi) is 9.16.